The van der Waals surface area contributed by atoms with Crippen LogP contribution in [-0.4, -0.2) is 44.0 Å². The second kappa shape index (κ2) is 12.2. The van der Waals surface area contributed by atoms with Crippen LogP contribution < -0.4 is 5.32 Å². The van der Waals surface area contributed by atoms with Crippen LogP contribution in [0.4, 0.5) is 22.0 Å². The van der Waals surface area contributed by atoms with E-state index in [0.717, 1.165) is 6.92 Å². The number of halogens is 9. The quantitative estimate of drug-likeness (QED) is 0.218. The van der Waals surface area contributed by atoms with E-state index in [1.54, 1.807) is 0 Å². The van der Waals surface area contributed by atoms with Crippen LogP contribution in [0.2, 0.25) is 15.1 Å². The smallest absolute Gasteiger partial charge is 0.349 e. The van der Waals surface area contributed by atoms with E-state index in [2.05, 4.69) is 21.2 Å². The van der Waals surface area contributed by atoms with Crippen molar-refractivity contribution in [3.05, 3.63) is 72.6 Å². The average Bonchev–Trinajstić information content (AvgIpc) is 2.68. The Morgan fingerprint density at radius 2 is 1.65 bits per heavy atom. The van der Waals surface area contributed by atoms with Crippen LogP contribution in [0.25, 0.3) is 6.08 Å². The van der Waals surface area contributed by atoms with Gasteiger partial charge >= 0.3 is 6.18 Å². The Labute approximate surface area is 234 Å². The van der Waals surface area contributed by atoms with Gasteiger partial charge in [0.2, 0.25) is 0 Å². The molecule has 204 valence electrons. The third-order valence-electron chi connectivity index (χ3n) is 4.90. The van der Waals surface area contributed by atoms with Crippen molar-refractivity contribution in [2.75, 3.05) is 11.5 Å². The van der Waals surface area contributed by atoms with Crippen LogP contribution in [0.3, 0.4) is 0 Å². The topological polar surface area (TPSA) is 63.2 Å². The average molecular weight is 672 g/mol. The summed E-state index contributed by atoms with van der Waals surface area (Å²) >= 11 is 21.1. The molecule has 1 N–H and O–H groups in total. The summed E-state index contributed by atoms with van der Waals surface area (Å²) in [6, 6.07) is 5.75. The van der Waals surface area contributed by atoms with Crippen LogP contribution in [0.1, 0.15) is 41.3 Å². The van der Waals surface area contributed by atoms with Crippen LogP contribution in [0, 0.1) is 0 Å². The second-order valence-electron chi connectivity index (χ2n) is 8.38. The Morgan fingerprint density at radius 1 is 1.08 bits per heavy atom. The van der Waals surface area contributed by atoms with Crippen LogP contribution in [0.15, 0.2) is 40.9 Å². The number of alkyl halides is 5. The van der Waals surface area contributed by atoms with Crippen molar-refractivity contribution in [2.45, 2.75) is 37.9 Å². The van der Waals surface area contributed by atoms with Gasteiger partial charge in [0.15, 0.2) is 9.84 Å². The Hall–Kier alpha value is -1.40. The van der Waals surface area contributed by atoms with Crippen LogP contribution in [-0.2, 0) is 9.84 Å². The molecule has 0 fully saturated rings. The summed E-state index contributed by atoms with van der Waals surface area (Å²) in [5, 5.41) is 2.42. The molecular formula is C23H20BrCl3F5NO3S. The molecule has 0 aromatic heterocycles. The van der Waals surface area contributed by atoms with Gasteiger partial charge in [0.05, 0.1) is 32.3 Å². The second-order valence-corrected chi connectivity index (χ2v) is 12.5. The van der Waals surface area contributed by atoms with E-state index >= 15 is 0 Å². The molecule has 2 aromatic carbocycles. The minimum Gasteiger partial charge on any atom is -0.349 e. The van der Waals surface area contributed by atoms with Crippen molar-refractivity contribution >= 4 is 72.6 Å². The molecule has 4 nitrogen and oxygen atoms in total. The molecule has 2 rings (SSSR count). The summed E-state index contributed by atoms with van der Waals surface area (Å²) in [4.78, 5) is 12.5. The van der Waals surface area contributed by atoms with Gasteiger partial charge < -0.3 is 5.32 Å². The molecule has 0 saturated heterocycles. The highest BCUT2D eigenvalue weighted by molar-refractivity contribution is 9.10. The summed E-state index contributed by atoms with van der Waals surface area (Å²) in [6.45, 7) is 2.00. The Balaban J connectivity index is 2.21. The molecule has 14 heteroatoms. The minimum absolute atomic E-state index is 0.0189. The molecule has 2 atom stereocenters. The van der Waals surface area contributed by atoms with Gasteiger partial charge in [-0.05, 0) is 58.2 Å². The Kier molecular flexibility index (Phi) is 10.5. The lowest BCUT2D eigenvalue weighted by atomic mass is 9.92. The summed E-state index contributed by atoms with van der Waals surface area (Å²) in [5.41, 5.74) is 0.628. The van der Waals surface area contributed by atoms with E-state index in [9.17, 15) is 35.2 Å². The number of rotatable bonds is 9. The molecule has 0 heterocycles. The van der Waals surface area contributed by atoms with Crippen LogP contribution in [0.5, 0.6) is 0 Å². The third kappa shape index (κ3) is 9.69. The standard InChI is InChI=1S/C23H20BrCl3F5NO3S/c1-12(10-37(35,36)11-23(30,31)32)33-21(34)15-5-3-13(7-17(15)24)4-6-16(22(2,28)29)14-8-18(25)20(27)19(26)9-14/h3-9,12,16H,10-11H2,1-2H3,(H,33,34)/b6-4+/t12-,16?/m1/s1. The van der Waals surface area contributed by atoms with E-state index in [1.165, 1.54) is 49.4 Å². The lowest BCUT2D eigenvalue weighted by molar-refractivity contribution is -0.106. The van der Waals surface area contributed by atoms with Gasteiger partial charge in [-0.2, -0.15) is 13.2 Å². The highest BCUT2D eigenvalue weighted by Crippen LogP contribution is 2.40. The third-order valence-corrected chi connectivity index (χ3v) is 8.52. The van der Waals surface area contributed by atoms with Crippen molar-refractivity contribution in [2.24, 2.45) is 0 Å². The number of benzene rings is 2. The number of carbonyl (C=O) groups is 1. The van der Waals surface area contributed by atoms with Crippen molar-refractivity contribution in [3.8, 4) is 0 Å². The molecule has 37 heavy (non-hydrogen) atoms. The predicted molar refractivity (Wildman–Crippen MR) is 140 cm³/mol. The number of hydrogen-bond donors (Lipinski definition) is 1. The summed E-state index contributed by atoms with van der Waals surface area (Å²) in [5.74, 6) is -8.24. The van der Waals surface area contributed by atoms with Crippen molar-refractivity contribution < 1.29 is 35.2 Å². The first-order valence-electron chi connectivity index (χ1n) is 10.4. The van der Waals surface area contributed by atoms with Gasteiger partial charge in [0.25, 0.3) is 11.8 Å². The number of sulfone groups is 1. The summed E-state index contributed by atoms with van der Waals surface area (Å²) in [6.07, 6.45) is -2.25. The summed E-state index contributed by atoms with van der Waals surface area (Å²) < 4.78 is 89.6. The first-order valence-corrected chi connectivity index (χ1v) is 14.1. The molecule has 0 aliphatic carbocycles. The fraction of sp³-hybridized carbons (Fsp3) is 0.348. The molecule has 0 spiro atoms. The minimum atomic E-state index is -4.89. The zero-order chi connectivity index (χ0) is 28.3. The van der Waals surface area contributed by atoms with E-state index in [4.69, 9.17) is 34.8 Å². The molecule has 0 radical (unpaired) electrons. The van der Waals surface area contributed by atoms with E-state index in [-0.39, 0.29) is 30.7 Å². The highest BCUT2D eigenvalue weighted by Gasteiger charge is 2.36. The van der Waals surface area contributed by atoms with Gasteiger partial charge in [-0.15, -0.1) is 0 Å². The monoisotopic (exact) mass is 669 g/mol. The van der Waals surface area contributed by atoms with Gasteiger partial charge in [-0.25, -0.2) is 17.2 Å². The first-order chi connectivity index (χ1) is 16.8. The molecule has 0 aliphatic rings. The van der Waals surface area contributed by atoms with Crippen molar-refractivity contribution in [1.29, 1.82) is 0 Å². The zero-order valence-electron chi connectivity index (χ0n) is 19.1. The maximum absolute atomic E-state index is 14.4. The van der Waals surface area contributed by atoms with Crippen molar-refractivity contribution in [1.82, 2.24) is 5.32 Å². The van der Waals surface area contributed by atoms with Gasteiger partial charge in [-0.3, -0.25) is 4.79 Å². The fourth-order valence-electron chi connectivity index (χ4n) is 3.39. The van der Waals surface area contributed by atoms with Crippen LogP contribution >= 0.6 is 50.7 Å². The lowest BCUT2D eigenvalue weighted by Crippen LogP contribution is -2.39. The number of carbonyl (C=O) groups excluding carboxylic acids is 1. The number of hydrogen-bond acceptors (Lipinski definition) is 3. The SMILES string of the molecule is C[C@H](CS(=O)(=O)CC(F)(F)F)NC(=O)c1ccc(/C=C/C(c2cc(Cl)c(Cl)c(Cl)c2)C(C)(F)F)cc1Br. The predicted octanol–water partition coefficient (Wildman–Crippen LogP) is 7.96. The Bertz CT molecular complexity index is 1270. The van der Waals surface area contributed by atoms with Gasteiger partial charge in [0, 0.05) is 17.4 Å². The molecule has 0 saturated carbocycles. The number of nitrogens with one attached hydrogen (secondary N) is 1. The maximum atomic E-state index is 14.4. The van der Waals surface area contributed by atoms with E-state index < -0.39 is 51.3 Å². The molecule has 1 amide bonds. The molecule has 0 aliphatic heterocycles. The Morgan fingerprint density at radius 3 is 2.14 bits per heavy atom. The largest absolute Gasteiger partial charge is 0.402 e. The first kappa shape index (κ1) is 31.8. The lowest BCUT2D eigenvalue weighted by Gasteiger charge is -2.22. The molecule has 0 bridgehead atoms. The number of allylic oxidation sites excluding steroid dienone is 1. The maximum Gasteiger partial charge on any atom is 0.402 e. The molecule has 2 aromatic rings. The van der Waals surface area contributed by atoms with E-state index in [1.807, 2.05) is 0 Å². The van der Waals surface area contributed by atoms with Gasteiger partial charge in [0.1, 0.15) is 5.75 Å². The van der Waals surface area contributed by atoms with Gasteiger partial charge in [-0.1, -0.05) is 53.0 Å². The van der Waals surface area contributed by atoms with Crippen molar-refractivity contribution in [3.63, 3.8) is 0 Å². The number of amides is 1. The molecule has 1 unspecified atom stereocenters. The normalized spacial score (nSPS) is 14.6. The van der Waals surface area contributed by atoms with E-state index in [0.29, 0.717) is 5.56 Å². The highest BCUT2D eigenvalue weighted by atomic mass is 79.9. The molecular weight excluding hydrogens is 652 g/mol. The zero-order valence-corrected chi connectivity index (χ0v) is 23.8. The summed E-state index contributed by atoms with van der Waals surface area (Å²) in [7, 11) is -4.49. The fourth-order valence-corrected chi connectivity index (χ4v) is 6.04.